The van der Waals surface area contributed by atoms with E-state index in [0.29, 0.717) is 6.42 Å². The predicted octanol–water partition coefficient (Wildman–Crippen LogP) is 3.79. The molecule has 0 saturated carbocycles. The van der Waals surface area contributed by atoms with Crippen molar-refractivity contribution in [1.82, 2.24) is 4.98 Å². The summed E-state index contributed by atoms with van der Waals surface area (Å²) in [6, 6.07) is 16.5. The molecule has 0 spiro atoms. The summed E-state index contributed by atoms with van der Waals surface area (Å²) in [5.41, 5.74) is 8.91. The van der Waals surface area contributed by atoms with E-state index in [-0.39, 0.29) is 5.82 Å². The van der Waals surface area contributed by atoms with Gasteiger partial charge in [0.25, 0.3) is 0 Å². The zero-order valence-electron chi connectivity index (χ0n) is 11.9. The number of benzene rings is 2. The van der Waals surface area contributed by atoms with Crippen LogP contribution in [0.5, 0.6) is 0 Å². The Hall–Kier alpha value is -2.26. The summed E-state index contributed by atoms with van der Waals surface area (Å²) in [6.45, 7) is 1.99. The maximum absolute atomic E-state index is 13.0. The minimum Gasteiger partial charge on any atom is -0.321 e. The van der Waals surface area contributed by atoms with Gasteiger partial charge < -0.3 is 5.73 Å². The molecule has 0 aliphatic carbocycles. The van der Waals surface area contributed by atoms with Gasteiger partial charge in [-0.05, 0) is 42.7 Å². The van der Waals surface area contributed by atoms with Crippen LogP contribution in [0.4, 0.5) is 4.39 Å². The van der Waals surface area contributed by atoms with E-state index in [0.717, 1.165) is 22.0 Å². The van der Waals surface area contributed by atoms with Crippen LogP contribution in [0.2, 0.25) is 0 Å². The van der Waals surface area contributed by atoms with Crippen molar-refractivity contribution in [2.45, 2.75) is 18.9 Å². The van der Waals surface area contributed by atoms with E-state index in [2.05, 4.69) is 4.98 Å². The number of nitrogens with two attached hydrogens (primary N) is 1. The van der Waals surface area contributed by atoms with Gasteiger partial charge in [0, 0.05) is 17.1 Å². The van der Waals surface area contributed by atoms with Gasteiger partial charge >= 0.3 is 0 Å². The van der Waals surface area contributed by atoms with Crippen molar-refractivity contribution in [3.8, 4) is 0 Å². The zero-order valence-corrected chi connectivity index (χ0v) is 11.9. The van der Waals surface area contributed by atoms with Crippen molar-refractivity contribution in [1.29, 1.82) is 0 Å². The van der Waals surface area contributed by atoms with Crippen LogP contribution in [0.25, 0.3) is 10.9 Å². The molecule has 1 unspecified atom stereocenters. The lowest BCUT2D eigenvalue weighted by atomic mass is 9.85. The van der Waals surface area contributed by atoms with Crippen molar-refractivity contribution in [3.63, 3.8) is 0 Å². The quantitative estimate of drug-likeness (QED) is 0.792. The Morgan fingerprint density at radius 3 is 2.52 bits per heavy atom. The monoisotopic (exact) mass is 280 g/mol. The van der Waals surface area contributed by atoms with Crippen molar-refractivity contribution in [2.24, 2.45) is 5.73 Å². The third-order valence-electron chi connectivity index (χ3n) is 3.73. The third-order valence-corrected chi connectivity index (χ3v) is 3.73. The minimum atomic E-state index is -0.564. The van der Waals surface area contributed by atoms with Gasteiger partial charge in [0.2, 0.25) is 0 Å². The lowest BCUT2D eigenvalue weighted by Crippen LogP contribution is -2.35. The molecule has 0 aliphatic rings. The highest BCUT2D eigenvalue weighted by molar-refractivity contribution is 5.82. The molecule has 3 heteroatoms. The number of fused-ring (bicyclic) bond motifs is 1. The summed E-state index contributed by atoms with van der Waals surface area (Å²) in [4.78, 5) is 4.46. The molecule has 106 valence electrons. The third kappa shape index (κ3) is 2.78. The molecule has 0 bridgehead atoms. The zero-order chi connectivity index (χ0) is 14.9. The van der Waals surface area contributed by atoms with Crippen LogP contribution in [0.1, 0.15) is 18.1 Å². The average Bonchev–Trinajstić information content (AvgIpc) is 2.49. The summed E-state index contributed by atoms with van der Waals surface area (Å²) in [6.07, 6.45) is 2.41. The number of hydrogen-bond acceptors (Lipinski definition) is 2. The SMILES string of the molecule is CC(N)(Cc1ccc(F)cc1)c1cccc2cccnc12. The van der Waals surface area contributed by atoms with Gasteiger partial charge in [-0.3, -0.25) is 4.98 Å². The van der Waals surface area contributed by atoms with Crippen molar-refractivity contribution in [3.05, 3.63) is 77.7 Å². The molecule has 0 aliphatic heterocycles. The lowest BCUT2D eigenvalue weighted by Gasteiger charge is -2.26. The van der Waals surface area contributed by atoms with E-state index in [1.807, 2.05) is 37.3 Å². The van der Waals surface area contributed by atoms with E-state index >= 15 is 0 Å². The summed E-state index contributed by atoms with van der Waals surface area (Å²) < 4.78 is 13.0. The van der Waals surface area contributed by atoms with Gasteiger partial charge in [-0.2, -0.15) is 0 Å². The molecule has 2 nitrogen and oxygen atoms in total. The summed E-state index contributed by atoms with van der Waals surface area (Å²) in [7, 11) is 0. The summed E-state index contributed by atoms with van der Waals surface area (Å²) >= 11 is 0. The van der Waals surface area contributed by atoms with Crippen molar-refractivity contribution >= 4 is 10.9 Å². The Labute approximate surface area is 123 Å². The second-order valence-electron chi connectivity index (χ2n) is 5.60. The Morgan fingerprint density at radius 2 is 1.76 bits per heavy atom. The fourth-order valence-corrected chi connectivity index (χ4v) is 2.69. The highest BCUT2D eigenvalue weighted by Crippen LogP contribution is 2.28. The molecule has 0 saturated heterocycles. The molecule has 1 aromatic heterocycles. The molecule has 0 fully saturated rings. The van der Waals surface area contributed by atoms with Crippen molar-refractivity contribution < 1.29 is 4.39 Å². The standard InChI is InChI=1S/C18H17FN2/c1-18(20,12-13-7-9-15(19)10-8-13)16-6-2-4-14-5-3-11-21-17(14)16/h2-11H,12,20H2,1H3. The van der Waals surface area contributed by atoms with E-state index < -0.39 is 5.54 Å². The van der Waals surface area contributed by atoms with Crippen LogP contribution in [-0.4, -0.2) is 4.98 Å². The highest BCUT2D eigenvalue weighted by atomic mass is 19.1. The van der Waals surface area contributed by atoms with Crippen LogP contribution in [0.15, 0.2) is 60.8 Å². The molecule has 3 aromatic rings. The summed E-state index contributed by atoms with van der Waals surface area (Å²) in [5.74, 6) is -0.232. The fourth-order valence-electron chi connectivity index (χ4n) is 2.69. The maximum atomic E-state index is 13.0. The van der Waals surface area contributed by atoms with Crippen LogP contribution in [-0.2, 0) is 12.0 Å². The van der Waals surface area contributed by atoms with Crippen LogP contribution >= 0.6 is 0 Å². The van der Waals surface area contributed by atoms with Gasteiger partial charge in [-0.15, -0.1) is 0 Å². The van der Waals surface area contributed by atoms with Gasteiger partial charge in [-0.1, -0.05) is 36.4 Å². The normalized spacial score (nSPS) is 14.0. The molecule has 1 heterocycles. The number of pyridine rings is 1. The van der Waals surface area contributed by atoms with Gasteiger partial charge in [0.05, 0.1) is 5.52 Å². The van der Waals surface area contributed by atoms with Gasteiger partial charge in [-0.25, -0.2) is 4.39 Å². The second kappa shape index (κ2) is 5.26. The average molecular weight is 280 g/mol. The second-order valence-corrected chi connectivity index (χ2v) is 5.60. The Balaban J connectivity index is 2.01. The maximum Gasteiger partial charge on any atom is 0.123 e. The first-order chi connectivity index (χ1) is 10.1. The van der Waals surface area contributed by atoms with Crippen LogP contribution in [0, 0.1) is 5.82 Å². The molecular weight excluding hydrogens is 263 g/mol. The molecule has 21 heavy (non-hydrogen) atoms. The molecule has 0 amide bonds. The number of nitrogens with zero attached hydrogens (tertiary/aromatic N) is 1. The first-order valence-electron chi connectivity index (χ1n) is 6.94. The van der Waals surface area contributed by atoms with Crippen LogP contribution < -0.4 is 5.73 Å². The number of aromatic nitrogens is 1. The van der Waals surface area contributed by atoms with Gasteiger partial charge in [0.1, 0.15) is 5.82 Å². The molecule has 0 radical (unpaired) electrons. The first-order valence-corrected chi connectivity index (χ1v) is 6.94. The predicted molar refractivity (Wildman–Crippen MR) is 83.4 cm³/mol. The van der Waals surface area contributed by atoms with E-state index in [1.165, 1.54) is 12.1 Å². The largest absolute Gasteiger partial charge is 0.321 e. The number of hydrogen-bond donors (Lipinski definition) is 1. The Kier molecular flexibility index (Phi) is 3.43. The summed E-state index contributed by atoms with van der Waals surface area (Å²) in [5, 5.41) is 1.07. The van der Waals surface area contributed by atoms with E-state index in [1.54, 1.807) is 18.3 Å². The van der Waals surface area contributed by atoms with Crippen molar-refractivity contribution in [2.75, 3.05) is 0 Å². The number of para-hydroxylation sites is 1. The minimum absolute atomic E-state index is 0.232. The van der Waals surface area contributed by atoms with E-state index in [4.69, 9.17) is 5.73 Å². The molecular formula is C18H17FN2. The first kappa shape index (κ1) is 13.7. The molecule has 2 N–H and O–H groups in total. The van der Waals surface area contributed by atoms with Crippen LogP contribution in [0.3, 0.4) is 0 Å². The highest BCUT2D eigenvalue weighted by Gasteiger charge is 2.24. The number of halogens is 1. The number of rotatable bonds is 3. The fraction of sp³-hybridized carbons (Fsp3) is 0.167. The topological polar surface area (TPSA) is 38.9 Å². The van der Waals surface area contributed by atoms with E-state index in [9.17, 15) is 4.39 Å². The molecule has 1 atom stereocenters. The lowest BCUT2D eigenvalue weighted by molar-refractivity contribution is 0.494. The molecule has 2 aromatic carbocycles. The molecule has 3 rings (SSSR count). The Morgan fingerprint density at radius 1 is 1.05 bits per heavy atom. The van der Waals surface area contributed by atoms with Gasteiger partial charge in [0.15, 0.2) is 0 Å². The smallest absolute Gasteiger partial charge is 0.123 e. The Bertz CT molecular complexity index is 758.